The Hall–Kier alpha value is -1.67. The molecule has 1 saturated heterocycles. The van der Waals surface area contributed by atoms with Gasteiger partial charge in [0, 0.05) is 45.6 Å². The zero-order valence-corrected chi connectivity index (χ0v) is 17.6. The molecule has 0 spiro atoms. The highest BCUT2D eigenvalue weighted by molar-refractivity contribution is 5.76. The first-order valence-electron chi connectivity index (χ1n) is 9.93. The van der Waals surface area contributed by atoms with Gasteiger partial charge in [-0.05, 0) is 51.3 Å². The number of hydrogen-bond donors (Lipinski definition) is 2. The van der Waals surface area contributed by atoms with Crippen LogP contribution in [0.3, 0.4) is 0 Å². The van der Waals surface area contributed by atoms with E-state index < -0.39 is 23.8 Å². The second-order valence-corrected chi connectivity index (χ2v) is 8.33. The Morgan fingerprint density at radius 2 is 1.96 bits per heavy atom. The van der Waals surface area contributed by atoms with Crippen molar-refractivity contribution in [3.05, 3.63) is 29.8 Å². The van der Waals surface area contributed by atoms with Gasteiger partial charge in [0.1, 0.15) is 17.9 Å². The molecule has 0 unspecified atom stereocenters. The van der Waals surface area contributed by atoms with Crippen LogP contribution in [0.25, 0.3) is 0 Å². The molecule has 0 radical (unpaired) electrons. The van der Waals surface area contributed by atoms with Gasteiger partial charge in [0.05, 0.1) is 0 Å². The second kappa shape index (κ2) is 10.2. The molecule has 2 rings (SSSR count). The van der Waals surface area contributed by atoms with Gasteiger partial charge in [0.25, 0.3) is 0 Å². The highest BCUT2D eigenvalue weighted by Crippen LogP contribution is 2.21. The number of ether oxygens (including phenoxy) is 2. The molecule has 1 aliphatic heterocycles. The smallest absolute Gasteiger partial charge is 0.323 e. The van der Waals surface area contributed by atoms with Crippen molar-refractivity contribution in [2.45, 2.75) is 51.5 Å². The third-order valence-electron chi connectivity index (χ3n) is 4.69. The lowest BCUT2D eigenvalue weighted by molar-refractivity contribution is -0.156. The number of carbonyl (C=O) groups is 1. The molecule has 7 nitrogen and oxygen atoms in total. The Kier molecular flexibility index (Phi) is 8.24. The fourth-order valence-electron chi connectivity index (χ4n) is 3.29. The average molecular weight is 394 g/mol. The largest absolute Gasteiger partial charge is 0.459 e. The monoisotopic (exact) mass is 393 g/mol. The SMILES string of the molecule is COCCCN1CCN(c2ccc(C[C@H](N)C(=O)OC(C)(C)C)cc2)[C@@H](O)C1. The van der Waals surface area contributed by atoms with E-state index in [0.29, 0.717) is 13.0 Å². The summed E-state index contributed by atoms with van der Waals surface area (Å²) in [4.78, 5) is 16.3. The van der Waals surface area contributed by atoms with E-state index in [0.717, 1.165) is 43.9 Å². The van der Waals surface area contributed by atoms with E-state index in [9.17, 15) is 9.90 Å². The average Bonchev–Trinajstić information content (AvgIpc) is 2.61. The number of nitrogens with zero attached hydrogens (tertiary/aromatic N) is 2. The van der Waals surface area contributed by atoms with Crippen LogP contribution in [0.2, 0.25) is 0 Å². The number of hydrogen-bond acceptors (Lipinski definition) is 7. The molecular formula is C21H35N3O4. The molecular weight excluding hydrogens is 358 g/mol. The van der Waals surface area contributed by atoms with Crippen molar-refractivity contribution < 1.29 is 19.4 Å². The van der Waals surface area contributed by atoms with Crippen molar-refractivity contribution in [1.82, 2.24) is 4.90 Å². The zero-order chi connectivity index (χ0) is 20.7. The number of aliphatic hydroxyl groups excluding tert-OH is 1. The second-order valence-electron chi connectivity index (χ2n) is 8.33. The number of methoxy groups -OCH3 is 1. The lowest BCUT2D eigenvalue weighted by atomic mass is 10.1. The maximum Gasteiger partial charge on any atom is 0.323 e. The third-order valence-corrected chi connectivity index (χ3v) is 4.69. The quantitative estimate of drug-likeness (QED) is 0.509. The normalized spacial score (nSPS) is 19.5. The Morgan fingerprint density at radius 3 is 2.54 bits per heavy atom. The van der Waals surface area contributed by atoms with E-state index in [4.69, 9.17) is 15.2 Å². The van der Waals surface area contributed by atoms with E-state index in [2.05, 4.69) is 4.90 Å². The summed E-state index contributed by atoms with van der Waals surface area (Å²) in [7, 11) is 1.71. The molecule has 0 aliphatic carbocycles. The van der Waals surface area contributed by atoms with E-state index in [1.54, 1.807) is 7.11 Å². The number of nitrogens with two attached hydrogens (primary N) is 1. The van der Waals surface area contributed by atoms with Gasteiger partial charge in [-0.15, -0.1) is 0 Å². The maximum atomic E-state index is 12.0. The van der Waals surface area contributed by atoms with Gasteiger partial charge in [-0.3, -0.25) is 9.69 Å². The van der Waals surface area contributed by atoms with E-state index in [1.807, 2.05) is 49.9 Å². The first kappa shape index (κ1) is 22.6. The Labute approximate surface area is 168 Å². The summed E-state index contributed by atoms with van der Waals surface area (Å²) in [5, 5.41) is 10.5. The van der Waals surface area contributed by atoms with Gasteiger partial charge in [0.2, 0.25) is 0 Å². The first-order chi connectivity index (χ1) is 13.2. The minimum atomic E-state index is -0.689. The molecule has 1 aromatic carbocycles. The molecule has 158 valence electrons. The molecule has 1 aromatic rings. The molecule has 28 heavy (non-hydrogen) atoms. The third kappa shape index (κ3) is 7.05. The maximum absolute atomic E-state index is 12.0. The predicted molar refractivity (Wildman–Crippen MR) is 110 cm³/mol. The summed E-state index contributed by atoms with van der Waals surface area (Å²) in [6.45, 7) is 9.45. The number of rotatable bonds is 8. The zero-order valence-electron chi connectivity index (χ0n) is 17.6. The van der Waals surface area contributed by atoms with E-state index >= 15 is 0 Å². The van der Waals surface area contributed by atoms with Gasteiger partial charge in [0.15, 0.2) is 0 Å². The number of anilines is 1. The number of piperazine rings is 1. The number of esters is 1. The summed E-state index contributed by atoms with van der Waals surface area (Å²) in [6, 6.07) is 7.17. The van der Waals surface area contributed by atoms with E-state index in [-0.39, 0.29) is 0 Å². The van der Waals surface area contributed by atoms with Gasteiger partial charge in [-0.25, -0.2) is 0 Å². The minimum absolute atomic E-state index is 0.392. The van der Waals surface area contributed by atoms with E-state index in [1.165, 1.54) is 0 Å². The summed E-state index contributed by atoms with van der Waals surface area (Å²) in [5.74, 6) is -0.392. The minimum Gasteiger partial charge on any atom is -0.459 e. The molecule has 0 amide bonds. The summed E-state index contributed by atoms with van der Waals surface area (Å²) < 4.78 is 10.4. The van der Waals surface area contributed by atoms with Crippen molar-refractivity contribution in [1.29, 1.82) is 0 Å². The lowest BCUT2D eigenvalue weighted by Crippen LogP contribution is -2.53. The Bertz CT molecular complexity index is 615. The van der Waals surface area contributed by atoms with Gasteiger partial charge in [-0.1, -0.05) is 12.1 Å². The van der Waals surface area contributed by atoms with Crippen LogP contribution in [0, 0.1) is 0 Å². The van der Waals surface area contributed by atoms with Crippen LogP contribution in [0.4, 0.5) is 5.69 Å². The molecule has 3 N–H and O–H groups in total. The standard InChI is InChI=1S/C21H35N3O4/c1-21(2,3)28-20(26)18(22)14-16-6-8-17(9-7-16)24-12-11-23(15-19(24)25)10-5-13-27-4/h6-9,18-19,25H,5,10-15,22H2,1-4H3/t18-,19-/m0/s1. The van der Waals surface area contributed by atoms with Crippen LogP contribution >= 0.6 is 0 Å². The van der Waals surface area contributed by atoms with Crippen molar-refractivity contribution in [3.63, 3.8) is 0 Å². The molecule has 0 aromatic heterocycles. The molecule has 0 bridgehead atoms. The molecule has 1 heterocycles. The van der Waals surface area contributed by atoms with Crippen molar-refractivity contribution in [3.8, 4) is 0 Å². The van der Waals surface area contributed by atoms with Crippen LogP contribution in [-0.2, 0) is 20.7 Å². The summed E-state index contributed by atoms with van der Waals surface area (Å²) in [5.41, 5.74) is 7.38. The predicted octanol–water partition coefficient (Wildman–Crippen LogP) is 1.38. The van der Waals surface area contributed by atoms with Gasteiger partial charge in [-0.2, -0.15) is 0 Å². The molecule has 1 fully saturated rings. The number of carbonyl (C=O) groups excluding carboxylic acids is 1. The summed E-state index contributed by atoms with van der Waals surface area (Å²) in [6.07, 6.45) is 0.854. The molecule has 2 atom stereocenters. The highest BCUT2D eigenvalue weighted by Gasteiger charge is 2.25. The van der Waals surface area contributed by atoms with Crippen molar-refractivity contribution in [2.75, 3.05) is 44.8 Å². The number of aliphatic hydroxyl groups is 1. The lowest BCUT2D eigenvalue weighted by Gasteiger charge is -2.40. The molecule has 0 saturated carbocycles. The molecule has 1 aliphatic rings. The van der Waals surface area contributed by atoms with Crippen molar-refractivity contribution >= 4 is 11.7 Å². The van der Waals surface area contributed by atoms with Gasteiger partial charge >= 0.3 is 5.97 Å². The Balaban J connectivity index is 1.88. The van der Waals surface area contributed by atoms with Crippen LogP contribution in [-0.4, -0.2) is 73.7 Å². The Morgan fingerprint density at radius 1 is 1.29 bits per heavy atom. The molecule has 7 heteroatoms. The van der Waals surface area contributed by atoms with Crippen LogP contribution in [0.1, 0.15) is 32.8 Å². The fourth-order valence-corrected chi connectivity index (χ4v) is 3.29. The number of benzene rings is 1. The van der Waals surface area contributed by atoms with Crippen LogP contribution in [0.5, 0.6) is 0 Å². The van der Waals surface area contributed by atoms with Crippen LogP contribution < -0.4 is 10.6 Å². The summed E-state index contributed by atoms with van der Waals surface area (Å²) >= 11 is 0. The number of β-amino-alcohol motifs (C(OH)–C–C–N with tert-alkyl or cyclic N) is 1. The van der Waals surface area contributed by atoms with Gasteiger partial charge < -0.3 is 25.2 Å². The van der Waals surface area contributed by atoms with Crippen LogP contribution in [0.15, 0.2) is 24.3 Å². The highest BCUT2D eigenvalue weighted by atomic mass is 16.6. The fraction of sp³-hybridized carbons (Fsp3) is 0.667. The van der Waals surface area contributed by atoms with Crippen molar-refractivity contribution in [2.24, 2.45) is 5.73 Å². The topological polar surface area (TPSA) is 88.3 Å². The first-order valence-corrected chi connectivity index (χ1v) is 9.93.